The quantitative estimate of drug-likeness (QED) is 0.710. The zero-order chi connectivity index (χ0) is 12.8. The maximum Gasteiger partial charge on any atom is 0.319 e. The first-order chi connectivity index (χ1) is 8.79. The normalized spacial score (nSPS) is 10.5. The minimum atomic E-state index is -0.162. The van der Waals surface area contributed by atoms with Gasteiger partial charge in [0.15, 0.2) is 0 Å². The minimum Gasteiger partial charge on any atom is -0.345 e. The molecule has 1 heterocycles. The third-order valence-electron chi connectivity index (χ3n) is 2.74. The topological polar surface area (TPSA) is 69.8 Å². The maximum atomic E-state index is 11.6. The van der Waals surface area contributed by atoms with Crippen LogP contribution in [0.25, 0.3) is 11.0 Å². The van der Waals surface area contributed by atoms with E-state index in [2.05, 4.69) is 27.5 Å². The number of benzene rings is 1. The van der Waals surface area contributed by atoms with Gasteiger partial charge in [0.25, 0.3) is 0 Å². The van der Waals surface area contributed by atoms with Crippen molar-refractivity contribution in [2.24, 2.45) is 0 Å². The molecule has 2 rings (SSSR count). The van der Waals surface area contributed by atoms with E-state index in [0.717, 1.165) is 36.0 Å². The van der Waals surface area contributed by atoms with Crippen LogP contribution in [0.5, 0.6) is 0 Å². The maximum absolute atomic E-state index is 11.6. The van der Waals surface area contributed by atoms with Gasteiger partial charge in [-0.2, -0.15) is 0 Å². The van der Waals surface area contributed by atoms with Gasteiger partial charge in [-0.15, -0.1) is 0 Å². The molecule has 0 aliphatic carbocycles. The highest BCUT2D eigenvalue weighted by molar-refractivity contribution is 5.91. The van der Waals surface area contributed by atoms with Gasteiger partial charge in [-0.3, -0.25) is 0 Å². The minimum absolute atomic E-state index is 0.162. The summed E-state index contributed by atoms with van der Waals surface area (Å²) in [6, 6.07) is 5.42. The Kier molecular flexibility index (Phi) is 4.17. The monoisotopic (exact) mass is 246 g/mol. The largest absolute Gasteiger partial charge is 0.345 e. The first-order valence-corrected chi connectivity index (χ1v) is 6.27. The van der Waals surface area contributed by atoms with E-state index in [1.54, 1.807) is 6.33 Å². The molecule has 0 aliphatic heterocycles. The fraction of sp³-hybridized carbons (Fsp3) is 0.385. The molecule has 0 saturated heterocycles. The zero-order valence-electron chi connectivity index (χ0n) is 10.5. The van der Waals surface area contributed by atoms with Gasteiger partial charge in [0.05, 0.1) is 17.4 Å². The van der Waals surface area contributed by atoms with Gasteiger partial charge in [-0.25, -0.2) is 9.78 Å². The van der Waals surface area contributed by atoms with Crippen LogP contribution in [0, 0.1) is 0 Å². The van der Waals surface area contributed by atoms with E-state index in [-0.39, 0.29) is 6.03 Å². The van der Waals surface area contributed by atoms with E-state index in [9.17, 15) is 4.79 Å². The molecule has 1 aromatic carbocycles. The average Bonchev–Trinajstić information content (AvgIpc) is 2.82. The summed E-state index contributed by atoms with van der Waals surface area (Å²) in [6.45, 7) is 2.85. The third kappa shape index (κ3) is 3.23. The Bertz CT molecular complexity index is 520. The summed E-state index contributed by atoms with van der Waals surface area (Å²) in [6.07, 6.45) is 4.95. The predicted octanol–water partition coefficient (Wildman–Crippen LogP) is 2.87. The molecule has 5 heteroatoms. The van der Waals surface area contributed by atoms with Crippen LogP contribution in [0.4, 0.5) is 10.5 Å². The Morgan fingerprint density at radius 1 is 1.39 bits per heavy atom. The van der Waals surface area contributed by atoms with Crippen LogP contribution in [0.3, 0.4) is 0 Å². The second-order valence-corrected chi connectivity index (χ2v) is 4.22. The lowest BCUT2D eigenvalue weighted by molar-refractivity contribution is 0.252. The van der Waals surface area contributed by atoms with Gasteiger partial charge in [0.2, 0.25) is 0 Å². The third-order valence-corrected chi connectivity index (χ3v) is 2.74. The Morgan fingerprint density at radius 3 is 3.11 bits per heavy atom. The fourth-order valence-electron chi connectivity index (χ4n) is 1.77. The molecule has 0 saturated carbocycles. The number of nitrogens with zero attached hydrogens (tertiary/aromatic N) is 1. The number of rotatable bonds is 5. The summed E-state index contributed by atoms with van der Waals surface area (Å²) in [7, 11) is 0. The lowest BCUT2D eigenvalue weighted by Crippen LogP contribution is -2.29. The lowest BCUT2D eigenvalue weighted by Gasteiger charge is -2.07. The molecule has 0 aliphatic rings. The summed E-state index contributed by atoms with van der Waals surface area (Å²) in [5.41, 5.74) is 2.57. The molecule has 2 aromatic rings. The van der Waals surface area contributed by atoms with Gasteiger partial charge in [0.1, 0.15) is 0 Å². The first-order valence-electron chi connectivity index (χ1n) is 6.27. The number of unbranched alkanes of at least 4 members (excludes halogenated alkanes) is 2. The summed E-state index contributed by atoms with van der Waals surface area (Å²) >= 11 is 0. The van der Waals surface area contributed by atoms with Crippen molar-refractivity contribution in [1.29, 1.82) is 0 Å². The molecular weight excluding hydrogens is 228 g/mol. The van der Waals surface area contributed by atoms with E-state index < -0.39 is 0 Å². The van der Waals surface area contributed by atoms with Crippen molar-refractivity contribution >= 4 is 22.8 Å². The molecule has 0 bridgehead atoms. The standard InChI is InChI=1S/C13H18N4O/c1-2-3-4-7-14-13(18)17-10-5-6-11-12(8-10)16-9-15-11/h5-6,8-9H,2-4,7H2,1H3,(H,15,16)(H2,14,17,18). The van der Waals surface area contributed by atoms with Crippen molar-refractivity contribution in [3.8, 4) is 0 Å². The van der Waals surface area contributed by atoms with Gasteiger partial charge < -0.3 is 15.6 Å². The molecule has 5 nitrogen and oxygen atoms in total. The van der Waals surface area contributed by atoms with Crippen molar-refractivity contribution in [3.63, 3.8) is 0 Å². The molecule has 1 aromatic heterocycles. The van der Waals surface area contributed by atoms with Crippen LogP contribution in [0.2, 0.25) is 0 Å². The van der Waals surface area contributed by atoms with Gasteiger partial charge in [-0.05, 0) is 24.6 Å². The zero-order valence-corrected chi connectivity index (χ0v) is 10.5. The highest BCUT2D eigenvalue weighted by Crippen LogP contribution is 2.15. The van der Waals surface area contributed by atoms with Crippen LogP contribution in [-0.4, -0.2) is 22.5 Å². The number of carbonyl (C=O) groups excluding carboxylic acids is 1. The number of aromatic nitrogens is 2. The predicted molar refractivity (Wildman–Crippen MR) is 72.6 cm³/mol. The van der Waals surface area contributed by atoms with Gasteiger partial charge in [0, 0.05) is 12.2 Å². The van der Waals surface area contributed by atoms with E-state index in [1.165, 1.54) is 0 Å². The lowest BCUT2D eigenvalue weighted by atomic mass is 10.2. The SMILES string of the molecule is CCCCCNC(=O)Nc1ccc2nc[nH]c2c1. The second kappa shape index (κ2) is 6.05. The van der Waals surface area contributed by atoms with Crippen molar-refractivity contribution in [3.05, 3.63) is 24.5 Å². The number of hydrogen-bond donors (Lipinski definition) is 3. The summed E-state index contributed by atoms with van der Waals surface area (Å²) in [5, 5.41) is 5.63. The van der Waals surface area contributed by atoms with Crippen LogP contribution < -0.4 is 10.6 Å². The number of hydrogen-bond acceptors (Lipinski definition) is 2. The molecule has 0 atom stereocenters. The molecule has 0 fully saturated rings. The highest BCUT2D eigenvalue weighted by Gasteiger charge is 2.02. The van der Waals surface area contributed by atoms with Crippen LogP contribution >= 0.6 is 0 Å². The molecule has 3 N–H and O–H groups in total. The summed E-state index contributed by atoms with van der Waals surface area (Å²) in [4.78, 5) is 18.7. The molecule has 0 radical (unpaired) electrons. The molecular formula is C13H18N4O. The molecule has 18 heavy (non-hydrogen) atoms. The number of aromatic amines is 1. The fourth-order valence-corrected chi connectivity index (χ4v) is 1.77. The second-order valence-electron chi connectivity index (χ2n) is 4.22. The number of urea groups is 1. The van der Waals surface area contributed by atoms with E-state index in [4.69, 9.17) is 0 Å². The average molecular weight is 246 g/mol. The van der Waals surface area contributed by atoms with E-state index in [0.29, 0.717) is 6.54 Å². The number of fused-ring (bicyclic) bond motifs is 1. The van der Waals surface area contributed by atoms with E-state index in [1.807, 2.05) is 18.2 Å². The molecule has 96 valence electrons. The van der Waals surface area contributed by atoms with Crippen molar-refractivity contribution in [1.82, 2.24) is 15.3 Å². The number of nitrogens with one attached hydrogen (secondary N) is 3. The first kappa shape index (κ1) is 12.4. The van der Waals surface area contributed by atoms with Gasteiger partial charge in [-0.1, -0.05) is 19.8 Å². The number of H-pyrrole nitrogens is 1. The number of anilines is 1. The molecule has 2 amide bonds. The molecule has 0 unspecified atom stereocenters. The Hall–Kier alpha value is -2.04. The van der Waals surface area contributed by atoms with Crippen LogP contribution in [0.15, 0.2) is 24.5 Å². The van der Waals surface area contributed by atoms with Crippen LogP contribution in [0.1, 0.15) is 26.2 Å². The van der Waals surface area contributed by atoms with Crippen molar-refractivity contribution in [2.75, 3.05) is 11.9 Å². The van der Waals surface area contributed by atoms with Gasteiger partial charge >= 0.3 is 6.03 Å². The number of amides is 2. The summed E-state index contributed by atoms with van der Waals surface area (Å²) < 4.78 is 0. The number of imidazole rings is 1. The number of carbonyl (C=O) groups is 1. The van der Waals surface area contributed by atoms with E-state index >= 15 is 0 Å². The van der Waals surface area contributed by atoms with Crippen LogP contribution in [-0.2, 0) is 0 Å². The van der Waals surface area contributed by atoms with Crippen molar-refractivity contribution in [2.45, 2.75) is 26.2 Å². The molecule has 0 spiro atoms. The Labute approximate surface area is 106 Å². The summed E-state index contributed by atoms with van der Waals surface area (Å²) in [5.74, 6) is 0. The smallest absolute Gasteiger partial charge is 0.319 e. The van der Waals surface area contributed by atoms with Crippen molar-refractivity contribution < 1.29 is 4.79 Å². The highest BCUT2D eigenvalue weighted by atomic mass is 16.2. The Balaban J connectivity index is 1.86. The Morgan fingerprint density at radius 2 is 2.28 bits per heavy atom.